The fraction of sp³-hybridized carbons (Fsp3) is 0.773. The van der Waals surface area contributed by atoms with Gasteiger partial charge in [-0.15, -0.1) is 0 Å². The van der Waals surface area contributed by atoms with Crippen LogP contribution in [-0.4, -0.2) is 48.2 Å². The molecule has 1 aliphatic heterocycles. The lowest BCUT2D eigenvalue weighted by molar-refractivity contribution is -0.0119. The van der Waals surface area contributed by atoms with E-state index in [1.54, 1.807) is 6.20 Å². The predicted molar refractivity (Wildman–Crippen MR) is 105 cm³/mol. The molecule has 5 aliphatic carbocycles. The number of anilines is 1. The highest BCUT2D eigenvalue weighted by atomic mass is 16.5. The number of rotatable bonds is 4. The van der Waals surface area contributed by atoms with Gasteiger partial charge in [-0.2, -0.15) is 0 Å². The number of hydrogen-bond acceptors (Lipinski definition) is 5. The summed E-state index contributed by atoms with van der Waals surface area (Å²) in [6, 6.07) is 0.367. The molecule has 6 heteroatoms. The van der Waals surface area contributed by atoms with E-state index >= 15 is 0 Å². The van der Waals surface area contributed by atoms with Crippen molar-refractivity contribution in [2.75, 3.05) is 31.2 Å². The van der Waals surface area contributed by atoms with E-state index in [9.17, 15) is 4.79 Å². The van der Waals surface area contributed by atoms with Gasteiger partial charge < -0.3 is 15.0 Å². The largest absolute Gasteiger partial charge is 0.378 e. The van der Waals surface area contributed by atoms with Crippen LogP contribution >= 0.6 is 0 Å². The van der Waals surface area contributed by atoms with Crippen LogP contribution in [0, 0.1) is 23.7 Å². The molecule has 7 rings (SSSR count). The maximum Gasteiger partial charge on any atom is 0.254 e. The van der Waals surface area contributed by atoms with Crippen molar-refractivity contribution in [3.8, 4) is 0 Å². The molecule has 6 fully saturated rings. The standard InChI is InChI=1S/C22H30N4O2/c27-21(24-19-16-8-13-7-14(10-16)11-17(19)9-13)18-12-23-22(25-20(18)15-1-2-15)26-3-5-28-6-4-26/h12-17,19H,1-11H2,(H,24,27). The summed E-state index contributed by atoms with van der Waals surface area (Å²) in [7, 11) is 0. The van der Waals surface area contributed by atoms with Crippen molar-refractivity contribution in [2.24, 2.45) is 23.7 Å². The highest BCUT2D eigenvalue weighted by molar-refractivity contribution is 5.95. The van der Waals surface area contributed by atoms with Gasteiger partial charge in [0.05, 0.1) is 24.5 Å². The fourth-order valence-corrected chi connectivity index (χ4v) is 6.53. The minimum absolute atomic E-state index is 0.0629. The Hall–Kier alpha value is -1.69. The van der Waals surface area contributed by atoms with Gasteiger partial charge in [-0.25, -0.2) is 9.97 Å². The number of nitrogens with zero attached hydrogens (tertiary/aromatic N) is 3. The molecular weight excluding hydrogens is 352 g/mol. The minimum Gasteiger partial charge on any atom is -0.378 e. The van der Waals surface area contributed by atoms with Crippen LogP contribution in [0.5, 0.6) is 0 Å². The smallest absolute Gasteiger partial charge is 0.254 e. The first-order valence-corrected chi connectivity index (χ1v) is 11.2. The van der Waals surface area contributed by atoms with Gasteiger partial charge in [-0.1, -0.05) is 0 Å². The Morgan fingerprint density at radius 3 is 2.36 bits per heavy atom. The molecular formula is C22H30N4O2. The van der Waals surface area contributed by atoms with E-state index in [1.165, 1.54) is 32.1 Å². The number of hydrogen-bond donors (Lipinski definition) is 1. The predicted octanol–water partition coefficient (Wildman–Crippen LogP) is 2.75. The Morgan fingerprint density at radius 1 is 1.04 bits per heavy atom. The van der Waals surface area contributed by atoms with E-state index in [0.717, 1.165) is 62.6 Å². The quantitative estimate of drug-likeness (QED) is 0.867. The average Bonchev–Trinajstić information content (AvgIpc) is 3.55. The van der Waals surface area contributed by atoms with Crippen LogP contribution in [0.2, 0.25) is 0 Å². The lowest BCUT2D eigenvalue weighted by Crippen LogP contribution is -2.55. The molecule has 5 saturated carbocycles. The van der Waals surface area contributed by atoms with E-state index < -0.39 is 0 Å². The summed E-state index contributed by atoms with van der Waals surface area (Å²) in [5, 5.41) is 3.45. The zero-order valence-corrected chi connectivity index (χ0v) is 16.5. The molecule has 1 aromatic heterocycles. The molecule has 0 unspecified atom stereocenters. The van der Waals surface area contributed by atoms with E-state index in [2.05, 4.69) is 15.2 Å². The summed E-state index contributed by atoms with van der Waals surface area (Å²) >= 11 is 0. The second-order valence-corrected chi connectivity index (χ2v) is 9.77. The maximum absolute atomic E-state index is 13.3. The Kier molecular flexibility index (Phi) is 4.10. The van der Waals surface area contributed by atoms with Crippen molar-refractivity contribution < 1.29 is 9.53 Å². The summed E-state index contributed by atoms with van der Waals surface area (Å²) in [4.78, 5) is 24.9. The van der Waals surface area contributed by atoms with Gasteiger partial charge >= 0.3 is 0 Å². The van der Waals surface area contributed by atoms with Crippen LogP contribution in [0.3, 0.4) is 0 Å². The molecule has 28 heavy (non-hydrogen) atoms. The van der Waals surface area contributed by atoms with Crippen LogP contribution < -0.4 is 10.2 Å². The number of nitrogens with one attached hydrogen (secondary N) is 1. The van der Waals surface area contributed by atoms with Crippen molar-refractivity contribution in [3.05, 3.63) is 17.5 Å². The fourth-order valence-electron chi connectivity index (χ4n) is 6.53. The summed E-state index contributed by atoms with van der Waals surface area (Å²) in [5.74, 6) is 4.49. The first-order valence-electron chi connectivity index (χ1n) is 11.2. The molecule has 1 saturated heterocycles. The minimum atomic E-state index is 0.0629. The third kappa shape index (κ3) is 3.00. The summed E-state index contributed by atoms with van der Waals surface area (Å²) in [5.41, 5.74) is 1.69. The van der Waals surface area contributed by atoms with E-state index in [4.69, 9.17) is 9.72 Å². The molecule has 0 aromatic carbocycles. The Morgan fingerprint density at radius 2 is 1.71 bits per heavy atom. The topological polar surface area (TPSA) is 67.4 Å². The molecule has 4 bridgehead atoms. The van der Waals surface area contributed by atoms with Crippen LogP contribution in [0.15, 0.2) is 6.20 Å². The van der Waals surface area contributed by atoms with Crippen LogP contribution in [0.1, 0.15) is 66.9 Å². The second-order valence-electron chi connectivity index (χ2n) is 9.77. The van der Waals surface area contributed by atoms with E-state index in [-0.39, 0.29) is 5.91 Å². The van der Waals surface area contributed by atoms with E-state index in [1.807, 2.05) is 0 Å². The molecule has 6 nitrogen and oxygen atoms in total. The van der Waals surface area contributed by atoms with Crippen molar-refractivity contribution in [1.82, 2.24) is 15.3 Å². The number of aromatic nitrogens is 2. The van der Waals surface area contributed by atoms with Gasteiger partial charge in [-0.05, 0) is 68.6 Å². The van der Waals surface area contributed by atoms with Crippen LogP contribution in [0.25, 0.3) is 0 Å². The van der Waals surface area contributed by atoms with Crippen LogP contribution in [0.4, 0.5) is 5.95 Å². The number of carbonyl (C=O) groups excluding carboxylic acids is 1. The normalized spacial score (nSPS) is 36.6. The third-order valence-corrected chi connectivity index (χ3v) is 7.83. The first-order chi connectivity index (χ1) is 13.7. The van der Waals surface area contributed by atoms with Crippen LogP contribution in [-0.2, 0) is 4.74 Å². The molecule has 0 radical (unpaired) electrons. The molecule has 0 atom stereocenters. The van der Waals surface area contributed by atoms with Gasteiger partial charge in [-0.3, -0.25) is 4.79 Å². The van der Waals surface area contributed by atoms with Gasteiger partial charge in [0.2, 0.25) is 5.95 Å². The Labute approximate surface area is 166 Å². The first kappa shape index (κ1) is 17.2. The van der Waals surface area contributed by atoms with Gasteiger partial charge in [0, 0.05) is 31.2 Å². The number of amides is 1. The number of morpholine rings is 1. The second kappa shape index (κ2) is 6.68. The maximum atomic E-state index is 13.3. The molecule has 1 aromatic rings. The van der Waals surface area contributed by atoms with Crippen molar-refractivity contribution in [1.29, 1.82) is 0 Å². The SMILES string of the molecule is O=C(NC1C2CC3CC(C2)CC1C3)c1cnc(N2CCOCC2)nc1C1CC1. The third-order valence-electron chi connectivity index (χ3n) is 7.83. The van der Waals surface area contributed by atoms with Crippen molar-refractivity contribution >= 4 is 11.9 Å². The molecule has 150 valence electrons. The Bertz CT molecular complexity index is 744. The van der Waals surface area contributed by atoms with Crippen molar-refractivity contribution in [2.45, 2.75) is 56.9 Å². The lowest BCUT2D eigenvalue weighted by atomic mass is 9.54. The summed E-state index contributed by atoms with van der Waals surface area (Å²) < 4.78 is 5.44. The molecule has 6 aliphatic rings. The monoisotopic (exact) mass is 382 g/mol. The summed E-state index contributed by atoms with van der Waals surface area (Å²) in [6.07, 6.45) is 10.8. The number of ether oxygens (including phenoxy) is 1. The molecule has 2 heterocycles. The highest BCUT2D eigenvalue weighted by Gasteiger charge is 2.48. The average molecular weight is 383 g/mol. The van der Waals surface area contributed by atoms with Crippen molar-refractivity contribution in [3.63, 3.8) is 0 Å². The molecule has 1 amide bonds. The highest BCUT2D eigenvalue weighted by Crippen LogP contribution is 2.53. The van der Waals surface area contributed by atoms with Gasteiger partial charge in [0.15, 0.2) is 0 Å². The molecule has 0 spiro atoms. The van der Waals surface area contributed by atoms with Gasteiger partial charge in [0.25, 0.3) is 5.91 Å². The lowest BCUT2D eigenvalue weighted by Gasteiger charge is -2.54. The summed E-state index contributed by atoms with van der Waals surface area (Å²) in [6.45, 7) is 3.08. The Balaban J connectivity index is 1.23. The number of carbonyl (C=O) groups is 1. The zero-order chi connectivity index (χ0) is 18.7. The van der Waals surface area contributed by atoms with Gasteiger partial charge in [0.1, 0.15) is 0 Å². The molecule has 1 N–H and O–H groups in total. The zero-order valence-electron chi connectivity index (χ0n) is 16.5. The van der Waals surface area contributed by atoms with E-state index in [0.29, 0.717) is 29.4 Å².